The lowest BCUT2D eigenvalue weighted by Gasteiger charge is -2.13. The van der Waals surface area contributed by atoms with Gasteiger partial charge < -0.3 is 5.73 Å². The number of benzene rings is 1. The molecule has 0 aliphatic rings. The molecular formula is C10H11ClF3N. The Labute approximate surface area is 91.0 Å². The highest BCUT2D eigenvalue weighted by Crippen LogP contribution is 2.35. The molecule has 0 saturated heterocycles. The molecule has 0 unspecified atom stereocenters. The van der Waals surface area contributed by atoms with Crippen LogP contribution in [0.2, 0.25) is 5.02 Å². The van der Waals surface area contributed by atoms with Crippen LogP contribution in [0.1, 0.15) is 30.5 Å². The van der Waals surface area contributed by atoms with Crippen molar-refractivity contribution in [2.45, 2.75) is 25.6 Å². The van der Waals surface area contributed by atoms with Crippen LogP contribution in [0.3, 0.4) is 0 Å². The molecule has 5 heteroatoms. The zero-order valence-corrected chi connectivity index (χ0v) is 8.86. The molecule has 0 fully saturated rings. The lowest BCUT2D eigenvalue weighted by Crippen LogP contribution is -2.11. The normalized spacial score (nSPS) is 14.0. The summed E-state index contributed by atoms with van der Waals surface area (Å²) in [6.07, 6.45) is -3.76. The third-order valence-electron chi connectivity index (χ3n) is 2.17. The van der Waals surface area contributed by atoms with Crippen molar-refractivity contribution in [3.05, 3.63) is 34.3 Å². The second-order valence-electron chi connectivity index (χ2n) is 3.25. The molecule has 1 rings (SSSR count). The first-order chi connectivity index (χ1) is 6.86. The molecule has 0 saturated carbocycles. The monoisotopic (exact) mass is 237 g/mol. The largest absolute Gasteiger partial charge is 0.417 e. The molecule has 84 valence electrons. The number of hydrogen-bond acceptors (Lipinski definition) is 1. The average molecular weight is 238 g/mol. The summed E-state index contributed by atoms with van der Waals surface area (Å²) in [6, 6.07) is 3.33. The Morgan fingerprint density at radius 3 is 2.40 bits per heavy atom. The van der Waals surface area contributed by atoms with Crippen molar-refractivity contribution in [2.75, 3.05) is 0 Å². The molecule has 1 aromatic carbocycles. The highest BCUT2D eigenvalue weighted by molar-refractivity contribution is 6.31. The van der Waals surface area contributed by atoms with Gasteiger partial charge in [-0.05, 0) is 24.1 Å². The van der Waals surface area contributed by atoms with Gasteiger partial charge in [0.25, 0.3) is 0 Å². The molecule has 2 N–H and O–H groups in total. The average Bonchev–Trinajstić information content (AvgIpc) is 2.14. The van der Waals surface area contributed by atoms with Gasteiger partial charge in [0.05, 0.1) is 10.6 Å². The van der Waals surface area contributed by atoms with Crippen LogP contribution in [0.5, 0.6) is 0 Å². The summed E-state index contributed by atoms with van der Waals surface area (Å²) in [5.74, 6) is 0. The van der Waals surface area contributed by atoms with Gasteiger partial charge in [0.1, 0.15) is 0 Å². The van der Waals surface area contributed by atoms with Crippen LogP contribution in [0.15, 0.2) is 18.2 Å². The van der Waals surface area contributed by atoms with Gasteiger partial charge in [-0.25, -0.2) is 0 Å². The van der Waals surface area contributed by atoms with Gasteiger partial charge in [0, 0.05) is 6.04 Å². The van der Waals surface area contributed by atoms with E-state index in [9.17, 15) is 13.2 Å². The highest BCUT2D eigenvalue weighted by atomic mass is 35.5. The second-order valence-corrected chi connectivity index (χ2v) is 3.66. The topological polar surface area (TPSA) is 26.0 Å². The summed E-state index contributed by atoms with van der Waals surface area (Å²) in [4.78, 5) is 0. The van der Waals surface area contributed by atoms with E-state index < -0.39 is 11.7 Å². The van der Waals surface area contributed by atoms with Crippen LogP contribution in [0, 0.1) is 0 Å². The molecule has 0 aliphatic heterocycles. The Kier molecular flexibility index (Phi) is 3.62. The van der Waals surface area contributed by atoms with E-state index in [1.165, 1.54) is 12.1 Å². The summed E-state index contributed by atoms with van der Waals surface area (Å²) < 4.78 is 37.0. The molecule has 1 atom stereocenters. The van der Waals surface area contributed by atoms with Gasteiger partial charge in [-0.1, -0.05) is 24.6 Å². The molecule has 0 heterocycles. The highest BCUT2D eigenvalue weighted by Gasteiger charge is 2.33. The zero-order chi connectivity index (χ0) is 11.6. The van der Waals surface area contributed by atoms with Crippen LogP contribution in [0.4, 0.5) is 13.2 Å². The summed E-state index contributed by atoms with van der Waals surface area (Å²) >= 11 is 5.54. The van der Waals surface area contributed by atoms with Crippen molar-refractivity contribution in [1.29, 1.82) is 0 Å². The number of halogens is 4. The Hall–Kier alpha value is -0.740. The van der Waals surface area contributed by atoms with E-state index in [4.69, 9.17) is 17.3 Å². The van der Waals surface area contributed by atoms with Crippen molar-refractivity contribution < 1.29 is 13.2 Å². The lowest BCUT2D eigenvalue weighted by atomic mass is 10.0. The maximum absolute atomic E-state index is 12.3. The van der Waals surface area contributed by atoms with Crippen molar-refractivity contribution >= 4 is 11.6 Å². The maximum atomic E-state index is 12.3. The van der Waals surface area contributed by atoms with E-state index in [0.29, 0.717) is 12.0 Å². The Balaban J connectivity index is 3.09. The Morgan fingerprint density at radius 1 is 1.40 bits per heavy atom. The molecule has 1 aromatic rings. The predicted molar refractivity (Wildman–Crippen MR) is 53.7 cm³/mol. The van der Waals surface area contributed by atoms with Crippen LogP contribution in [-0.4, -0.2) is 0 Å². The zero-order valence-electron chi connectivity index (χ0n) is 8.11. The molecule has 0 spiro atoms. The van der Waals surface area contributed by atoms with Crippen LogP contribution in [-0.2, 0) is 6.18 Å². The van der Waals surface area contributed by atoms with Crippen molar-refractivity contribution in [2.24, 2.45) is 5.73 Å². The summed E-state index contributed by atoms with van der Waals surface area (Å²) in [7, 11) is 0. The van der Waals surface area contributed by atoms with E-state index in [-0.39, 0.29) is 11.1 Å². The van der Waals surface area contributed by atoms with Crippen molar-refractivity contribution in [3.8, 4) is 0 Å². The lowest BCUT2D eigenvalue weighted by molar-refractivity contribution is -0.137. The third kappa shape index (κ3) is 2.86. The van der Waals surface area contributed by atoms with E-state index in [2.05, 4.69) is 0 Å². The van der Waals surface area contributed by atoms with Crippen molar-refractivity contribution in [1.82, 2.24) is 0 Å². The van der Waals surface area contributed by atoms with E-state index >= 15 is 0 Å². The first-order valence-corrected chi connectivity index (χ1v) is 4.86. The molecule has 1 nitrogen and oxygen atoms in total. The number of rotatable bonds is 2. The minimum absolute atomic E-state index is 0.273. The van der Waals surface area contributed by atoms with E-state index in [0.717, 1.165) is 6.07 Å². The van der Waals surface area contributed by atoms with Crippen LogP contribution < -0.4 is 5.73 Å². The van der Waals surface area contributed by atoms with Crippen LogP contribution in [0.25, 0.3) is 0 Å². The minimum atomic E-state index is -4.41. The number of nitrogens with two attached hydrogens (primary N) is 1. The number of alkyl halides is 3. The van der Waals surface area contributed by atoms with Gasteiger partial charge >= 0.3 is 6.18 Å². The van der Waals surface area contributed by atoms with Crippen molar-refractivity contribution in [3.63, 3.8) is 0 Å². The van der Waals surface area contributed by atoms with E-state index in [1.54, 1.807) is 0 Å². The van der Waals surface area contributed by atoms with Gasteiger partial charge in [-0.2, -0.15) is 13.2 Å². The second kappa shape index (κ2) is 4.41. The van der Waals surface area contributed by atoms with Gasteiger partial charge in [0.2, 0.25) is 0 Å². The fraction of sp³-hybridized carbons (Fsp3) is 0.400. The third-order valence-corrected chi connectivity index (χ3v) is 2.48. The number of hydrogen-bond donors (Lipinski definition) is 1. The Bertz CT molecular complexity index is 349. The predicted octanol–water partition coefficient (Wildman–Crippen LogP) is 3.77. The van der Waals surface area contributed by atoms with E-state index in [1.807, 2.05) is 6.92 Å². The summed E-state index contributed by atoms with van der Waals surface area (Å²) in [5, 5.41) is -0.302. The molecular weight excluding hydrogens is 227 g/mol. The standard InChI is InChI=1S/C10H11ClF3N/c1-2-9(15)6-3-4-7(8(11)5-6)10(12,13)14/h3-5,9H,2,15H2,1H3/t9-/m0/s1. The SMILES string of the molecule is CC[C@H](N)c1ccc(C(F)(F)F)c(Cl)c1. The molecule has 0 amide bonds. The smallest absolute Gasteiger partial charge is 0.324 e. The summed E-state index contributed by atoms with van der Waals surface area (Å²) in [6.45, 7) is 1.86. The maximum Gasteiger partial charge on any atom is 0.417 e. The quantitative estimate of drug-likeness (QED) is 0.833. The minimum Gasteiger partial charge on any atom is -0.324 e. The fourth-order valence-electron chi connectivity index (χ4n) is 1.23. The van der Waals surface area contributed by atoms with Gasteiger partial charge in [0.15, 0.2) is 0 Å². The molecule has 0 bridgehead atoms. The van der Waals surface area contributed by atoms with Crippen LogP contribution >= 0.6 is 11.6 Å². The van der Waals surface area contributed by atoms with Gasteiger partial charge in [-0.15, -0.1) is 0 Å². The first-order valence-electron chi connectivity index (χ1n) is 4.48. The molecule has 0 aliphatic carbocycles. The Morgan fingerprint density at radius 2 is 2.00 bits per heavy atom. The molecule has 0 aromatic heterocycles. The summed E-state index contributed by atoms with van der Waals surface area (Å²) in [5.41, 5.74) is 5.48. The first kappa shape index (κ1) is 12.3. The fourth-order valence-corrected chi connectivity index (χ4v) is 1.52. The molecule has 15 heavy (non-hydrogen) atoms. The molecule has 0 radical (unpaired) electrons. The van der Waals surface area contributed by atoms with Gasteiger partial charge in [-0.3, -0.25) is 0 Å².